The van der Waals surface area contributed by atoms with E-state index in [9.17, 15) is 0 Å². The lowest BCUT2D eigenvalue weighted by molar-refractivity contribution is 0.171. The summed E-state index contributed by atoms with van der Waals surface area (Å²) in [4.78, 5) is 0. The maximum atomic E-state index is 2.30. The minimum Gasteiger partial charge on any atom is -0.0917 e. The molecule has 0 heterocycles. The molecule has 0 aliphatic heterocycles. The van der Waals surface area contributed by atoms with E-state index in [1.54, 1.807) is 0 Å². The van der Waals surface area contributed by atoms with Gasteiger partial charge in [-0.1, -0.05) is 31.9 Å². The Bertz CT molecular complexity index is 129. The molecule has 0 bridgehead atoms. The summed E-state index contributed by atoms with van der Waals surface area (Å²) in [7, 11) is 0. The Balaban J connectivity index is 1.94. The second-order valence-electron chi connectivity index (χ2n) is 4.14. The molecule has 1 rings (SSSR count). The van der Waals surface area contributed by atoms with Crippen LogP contribution in [-0.4, -0.2) is 0 Å². The van der Waals surface area contributed by atoms with Crippen LogP contribution in [0.15, 0.2) is 12.2 Å². The first-order valence-electron chi connectivity index (χ1n) is 5.48. The SMILES string of the molecule is CC=CCCC1CC(CCC)C1. The molecule has 1 saturated carbocycles. The van der Waals surface area contributed by atoms with Crippen LogP contribution < -0.4 is 0 Å². The molecule has 0 N–H and O–H groups in total. The first-order valence-corrected chi connectivity index (χ1v) is 5.48. The summed E-state index contributed by atoms with van der Waals surface area (Å²) in [6.07, 6.45) is 13.1. The van der Waals surface area contributed by atoms with E-state index in [1.165, 1.54) is 38.5 Å². The molecule has 0 heteroatoms. The fourth-order valence-electron chi connectivity index (χ4n) is 2.25. The number of hydrogen-bond acceptors (Lipinski definition) is 0. The second kappa shape index (κ2) is 5.40. The van der Waals surface area contributed by atoms with Gasteiger partial charge in [-0.25, -0.2) is 0 Å². The van der Waals surface area contributed by atoms with E-state index in [2.05, 4.69) is 26.0 Å². The average Bonchev–Trinajstić information content (AvgIpc) is 2.00. The van der Waals surface area contributed by atoms with Crippen LogP contribution in [0.4, 0.5) is 0 Å². The highest BCUT2D eigenvalue weighted by Crippen LogP contribution is 2.39. The summed E-state index contributed by atoms with van der Waals surface area (Å²) in [5.74, 6) is 2.16. The number of rotatable bonds is 5. The lowest BCUT2D eigenvalue weighted by Gasteiger charge is -2.35. The molecule has 0 aromatic carbocycles. The van der Waals surface area contributed by atoms with E-state index in [0.29, 0.717) is 0 Å². The van der Waals surface area contributed by atoms with E-state index in [0.717, 1.165) is 11.8 Å². The average molecular weight is 166 g/mol. The van der Waals surface area contributed by atoms with Crippen LogP contribution in [-0.2, 0) is 0 Å². The molecule has 1 aliphatic carbocycles. The third-order valence-corrected chi connectivity index (χ3v) is 3.01. The standard InChI is InChI=1S/C12H22/c1-3-5-6-8-12-9-11(10-12)7-4-2/h3,5,11-12H,4,6-10H2,1-2H3. The van der Waals surface area contributed by atoms with Crippen molar-refractivity contribution in [1.82, 2.24) is 0 Å². The first-order chi connectivity index (χ1) is 5.86. The van der Waals surface area contributed by atoms with Gasteiger partial charge in [0.25, 0.3) is 0 Å². The molecule has 0 unspecified atom stereocenters. The Kier molecular flexibility index (Phi) is 4.42. The van der Waals surface area contributed by atoms with Gasteiger partial charge in [0.15, 0.2) is 0 Å². The summed E-state index contributed by atoms with van der Waals surface area (Å²) in [6, 6.07) is 0. The van der Waals surface area contributed by atoms with Gasteiger partial charge in [-0.3, -0.25) is 0 Å². The smallest absolute Gasteiger partial charge is 0.0348 e. The Labute approximate surface area is 77.1 Å². The van der Waals surface area contributed by atoms with Crippen molar-refractivity contribution in [3.8, 4) is 0 Å². The third-order valence-electron chi connectivity index (χ3n) is 3.01. The minimum absolute atomic E-state index is 1.07. The zero-order valence-corrected chi connectivity index (χ0v) is 8.55. The molecule has 1 fully saturated rings. The van der Waals surface area contributed by atoms with Crippen molar-refractivity contribution in [1.29, 1.82) is 0 Å². The van der Waals surface area contributed by atoms with Crippen LogP contribution in [0.2, 0.25) is 0 Å². The zero-order chi connectivity index (χ0) is 8.81. The van der Waals surface area contributed by atoms with Crippen molar-refractivity contribution in [2.75, 3.05) is 0 Å². The Morgan fingerprint density at radius 1 is 1.17 bits per heavy atom. The molecular formula is C12H22. The fourth-order valence-corrected chi connectivity index (χ4v) is 2.25. The normalized spacial score (nSPS) is 29.2. The van der Waals surface area contributed by atoms with Crippen LogP contribution in [0.3, 0.4) is 0 Å². The molecule has 0 amide bonds. The maximum absolute atomic E-state index is 2.30. The van der Waals surface area contributed by atoms with Crippen LogP contribution >= 0.6 is 0 Å². The molecular weight excluding hydrogens is 144 g/mol. The van der Waals surface area contributed by atoms with Gasteiger partial charge < -0.3 is 0 Å². The molecule has 70 valence electrons. The first kappa shape index (κ1) is 9.83. The van der Waals surface area contributed by atoms with E-state index in [4.69, 9.17) is 0 Å². The van der Waals surface area contributed by atoms with Gasteiger partial charge >= 0.3 is 0 Å². The van der Waals surface area contributed by atoms with Crippen molar-refractivity contribution in [2.45, 2.75) is 52.4 Å². The van der Waals surface area contributed by atoms with E-state index >= 15 is 0 Å². The van der Waals surface area contributed by atoms with E-state index in [1.807, 2.05) is 0 Å². The molecule has 12 heavy (non-hydrogen) atoms. The summed E-state index contributed by atoms with van der Waals surface area (Å²) in [6.45, 7) is 4.41. The molecule has 0 saturated heterocycles. The number of hydrogen-bond donors (Lipinski definition) is 0. The van der Waals surface area contributed by atoms with Crippen molar-refractivity contribution >= 4 is 0 Å². The lowest BCUT2D eigenvalue weighted by atomic mass is 9.71. The second-order valence-corrected chi connectivity index (χ2v) is 4.14. The van der Waals surface area contributed by atoms with Crippen LogP contribution in [0, 0.1) is 11.8 Å². The maximum Gasteiger partial charge on any atom is -0.0348 e. The quantitative estimate of drug-likeness (QED) is 0.538. The van der Waals surface area contributed by atoms with Crippen molar-refractivity contribution in [3.63, 3.8) is 0 Å². The molecule has 0 radical (unpaired) electrons. The lowest BCUT2D eigenvalue weighted by Crippen LogP contribution is -2.23. The van der Waals surface area contributed by atoms with Gasteiger partial charge in [0.2, 0.25) is 0 Å². The van der Waals surface area contributed by atoms with Gasteiger partial charge in [-0.2, -0.15) is 0 Å². The monoisotopic (exact) mass is 166 g/mol. The minimum atomic E-state index is 1.07. The summed E-state index contributed by atoms with van der Waals surface area (Å²) in [5.41, 5.74) is 0. The zero-order valence-electron chi connectivity index (χ0n) is 8.55. The number of allylic oxidation sites excluding steroid dienone is 2. The van der Waals surface area contributed by atoms with Gasteiger partial charge in [0.05, 0.1) is 0 Å². The third kappa shape index (κ3) is 3.00. The van der Waals surface area contributed by atoms with Gasteiger partial charge in [0, 0.05) is 0 Å². The summed E-state index contributed by atoms with van der Waals surface area (Å²) in [5, 5.41) is 0. The van der Waals surface area contributed by atoms with Crippen molar-refractivity contribution in [2.24, 2.45) is 11.8 Å². The van der Waals surface area contributed by atoms with Crippen LogP contribution in [0.1, 0.15) is 52.4 Å². The largest absolute Gasteiger partial charge is 0.0917 e. The van der Waals surface area contributed by atoms with Crippen LogP contribution in [0.25, 0.3) is 0 Å². The highest BCUT2D eigenvalue weighted by Gasteiger charge is 2.26. The van der Waals surface area contributed by atoms with E-state index < -0.39 is 0 Å². The molecule has 0 aromatic heterocycles. The van der Waals surface area contributed by atoms with Gasteiger partial charge in [-0.05, 0) is 44.4 Å². The van der Waals surface area contributed by atoms with E-state index in [-0.39, 0.29) is 0 Å². The Morgan fingerprint density at radius 3 is 2.42 bits per heavy atom. The molecule has 0 aromatic rings. The Morgan fingerprint density at radius 2 is 1.83 bits per heavy atom. The molecule has 0 spiro atoms. The summed E-state index contributed by atoms with van der Waals surface area (Å²) < 4.78 is 0. The van der Waals surface area contributed by atoms with Gasteiger partial charge in [-0.15, -0.1) is 0 Å². The summed E-state index contributed by atoms with van der Waals surface area (Å²) >= 11 is 0. The predicted molar refractivity (Wildman–Crippen MR) is 55.2 cm³/mol. The van der Waals surface area contributed by atoms with Gasteiger partial charge in [0.1, 0.15) is 0 Å². The molecule has 0 atom stereocenters. The topological polar surface area (TPSA) is 0 Å². The predicted octanol–water partition coefficient (Wildman–Crippen LogP) is 4.17. The van der Waals surface area contributed by atoms with Crippen molar-refractivity contribution in [3.05, 3.63) is 12.2 Å². The van der Waals surface area contributed by atoms with Crippen molar-refractivity contribution < 1.29 is 0 Å². The highest BCUT2D eigenvalue weighted by molar-refractivity contribution is 4.83. The molecule has 0 nitrogen and oxygen atoms in total. The fraction of sp³-hybridized carbons (Fsp3) is 0.833. The van der Waals surface area contributed by atoms with Crippen LogP contribution in [0.5, 0.6) is 0 Å². The highest BCUT2D eigenvalue weighted by atomic mass is 14.3. The molecule has 1 aliphatic rings. The Hall–Kier alpha value is -0.260.